The first kappa shape index (κ1) is 35.7. The summed E-state index contributed by atoms with van der Waals surface area (Å²) in [5.74, 6) is -4.12. The molecule has 0 spiro atoms. The van der Waals surface area contributed by atoms with Crippen molar-refractivity contribution in [1.29, 1.82) is 0 Å². The van der Waals surface area contributed by atoms with Gasteiger partial charge in [0.25, 0.3) is 0 Å². The van der Waals surface area contributed by atoms with E-state index >= 15 is 13.2 Å². The van der Waals surface area contributed by atoms with Gasteiger partial charge in [0.05, 0.1) is 19.8 Å². The van der Waals surface area contributed by atoms with Crippen LogP contribution in [-0.2, 0) is 9.47 Å². The van der Waals surface area contributed by atoms with E-state index in [2.05, 4.69) is 13.8 Å². The number of unbranched alkanes of at least 4 members (excludes halogenated alkanes) is 9. The zero-order chi connectivity index (χ0) is 32.7. The molecular formula is C39H48F4O3. The molecule has 0 bridgehead atoms. The van der Waals surface area contributed by atoms with Crippen LogP contribution in [0.4, 0.5) is 17.6 Å². The van der Waals surface area contributed by atoms with Crippen molar-refractivity contribution in [1.82, 2.24) is 0 Å². The number of hydrogen-bond acceptors (Lipinski definition) is 3. The minimum atomic E-state index is -1.03. The van der Waals surface area contributed by atoms with E-state index in [1.54, 1.807) is 36.4 Å². The Bertz CT molecular complexity index is 1380. The maximum atomic E-state index is 15.1. The summed E-state index contributed by atoms with van der Waals surface area (Å²) in [5, 5.41) is 0. The molecule has 0 saturated carbocycles. The van der Waals surface area contributed by atoms with Crippen LogP contribution in [0.3, 0.4) is 0 Å². The van der Waals surface area contributed by atoms with E-state index in [0.29, 0.717) is 30.9 Å². The fourth-order valence-electron chi connectivity index (χ4n) is 5.67. The van der Waals surface area contributed by atoms with Crippen molar-refractivity contribution in [3.8, 4) is 28.0 Å². The lowest BCUT2D eigenvalue weighted by atomic mass is 9.98. The molecule has 0 N–H and O–H groups in total. The third-order valence-electron chi connectivity index (χ3n) is 8.51. The molecule has 3 aromatic rings. The van der Waals surface area contributed by atoms with E-state index in [-0.39, 0.29) is 34.6 Å². The van der Waals surface area contributed by atoms with Gasteiger partial charge in [0.2, 0.25) is 5.82 Å². The molecular weight excluding hydrogens is 592 g/mol. The molecule has 3 nitrogen and oxygen atoms in total. The minimum absolute atomic E-state index is 0.0436. The molecule has 1 fully saturated rings. The standard InChI is InChI=1S/C39H48F4O3/c1-3-5-7-8-9-10-11-13-25-44-34-24-23-33(38(42)39(34)43)30-19-17-29(18-20-30)32-22-21-31(36(40)37(32)41)16-15-28-26-45-35(46-27-28)14-12-6-4-2/h15-24,28,35H,3-14,25-27H2,1-2H3/b16-15+. The van der Waals surface area contributed by atoms with Crippen LogP contribution in [0.2, 0.25) is 0 Å². The van der Waals surface area contributed by atoms with Gasteiger partial charge in [-0.3, -0.25) is 0 Å². The summed E-state index contributed by atoms with van der Waals surface area (Å²) in [6.07, 6.45) is 16.4. The highest BCUT2D eigenvalue weighted by molar-refractivity contribution is 5.72. The second kappa shape index (κ2) is 18.9. The lowest BCUT2D eigenvalue weighted by Gasteiger charge is -2.28. The van der Waals surface area contributed by atoms with Crippen LogP contribution in [0, 0.1) is 29.2 Å². The van der Waals surface area contributed by atoms with Gasteiger partial charge in [-0.1, -0.05) is 120 Å². The van der Waals surface area contributed by atoms with Crippen LogP contribution in [0.5, 0.6) is 5.75 Å². The smallest absolute Gasteiger partial charge is 0.201 e. The molecule has 46 heavy (non-hydrogen) atoms. The van der Waals surface area contributed by atoms with Gasteiger partial charge in [-0.25, -0.2) is 13.2 Å². The van der Waals surface area contributed by atoms with Crippen LogP contribution in [0.1, 0.15) is 96.5 Å². The van der Waals surface area contributed by atoms with Gasteiger partial charge in [-0.2, -0.15) is 4.39 Å². The van der Waals surface area contributed by atoms with E-state index in [0.717, 1.165) is 44.9 Å². The highest BCUT2D eigenvalue weighted by atomic mass is 19.2. The summed E-state index contributed by atoms with van der Waals surface area (Å²) < 4.78 is 77.1. The normalized spacial score (nSPS) is 16.7. The zero-order valence-corrected chi connectivity index (χ0v) is 27.3. The Morgan fingerprint density at radius 1 is 0.630 bits per heavy atom. The predicted molar refractivity (Wildman–Crippen MR) is 178 cm³/mol. The van der Waals surface area contributed by atoms with Crippen molar-refractivity contribution in [2.75, 3.05) is 19.8 Å². The Balaban J connectivity index is 1.32. The third-order valence-corrected chi connectivity index (χ3v) is 8.51. The zero-order valence-electron chi connectivity index (χ0n) is 27.3. The van der Waals surface area contributed by atoms with Crippen molar-refractivity contribution in [3.05, 3.63) is 83.4 Å². The van der Waals surface area contributed by atoms with Gasteiger partial charge in [0, 0.05) is 22.6 Å². The van der Waals surface area contributed by atoms with Gasteiger partial charge >= 0.3 is 0 Å². The Morgan fingerprint density at radius 3 is 1.80 bits per heavy atom. The summed E-state index contributed by atoms with van der Waals surface area (Å²) >= 11 is 0. The molecule has 0 unspecified atom stereocenters. The van der Waals surface area contributed by atoms with Gasteiger partial charge in [0.1, 0.15) is 0 Å². The topological polar surface area (TPSA) is 27.7 Å². The van der Waals surface area contributed by atoms with Crippen LogP contribution in [0.25, 0.3) is 28.3 Å². The second-order valence-corrected chi connectivity index (χ2v) is 12.2. The average molecular weight is 641 g/mol. The van der Waals surface area contributed by atoms with E-state index in [1.165, 1.54) is 56.4 Å². The molecule has 7 heteroatoms. The number of rotatable bonds is 18. The first-order chi connectivity index (χ1) is 22.4. The van der Waals surface area contributed by atoms with Crippen molar-refractivity contribution < 1.29 is 31.8 Å². The Hall–Kier alpha value is -3.16. The first-order valence-electron chi connectivity index (χ1n) is 17.0. The highest BCUT2D eigenvalue weighted by Crippen LogP contribution is 2.33. The van der Waals surface area contributed by atoms with Crippen molar-refractivity contribution in [3.63, 3.8) is 0 Å². The summed E-state index contributed by atoms with van der Waals surface area (Å²) in [6.45, 7) is 5.62. The molecule has 0 amide bonds. The first-order valence-corrected chi connectivity index (χ1v) is 17.0. The summed E-state index contributed by atoms with van der Waals surface area (Å²) in [7, 11) is 0. The van der Waals surface area contributed by atoms with Crippen molar-refractivity contribution in [2.45, 2.75) is 97.2 Å². The molecule has 0 radical (unpaired) electrons. The molecule has 3 aromatic carbocycles. The quantitative estimate of drug-likeness (QED) is 0.102. The maximum absolute atomic E-state index is 15.1. The SMILES string of the molecule is CCCCCCCCCCOc1ccc(-c2ccc(-c3ccc(/C=C/C4COC(CCCCC)OC4)c(F)c3F)cc2)c(F)c1F. The van der Waals surface area contributed by atoms with E-state index in [9.17, 15) is 4.39 Å². The summed E-state index contributed by atoms with van der Waals surface area (Å²) in [5.41, 5.74) is 1.12. The third kappa shape index (κ3) is 10.2. The minimum Gasteiger partial charge on any atom is -0.490 e. The lowest BCUT2D eigenvalue weighted by molar-refractivity contribution is -0.195. The van der Waals surface area contributed by atoms with E-state index < -0.39 is 23.3 Å². The van der Waals surface area contributed by atoms with Gasteiger partial charge in [-0.05, 0) is 42.5 Å². The highest BCUT2D eigenvalue weighted by Gasteiger charge is 2.21. The number of hydrogen-bond donors (Lipinski definition) is 0. The molecule has 1 heterocycles. The molecule has 1 saturated heterocycles. The number of ether oxygens (including phenoxy) is 3. The van der Waals surface area contributed by atoms with Crippen LogP contribution in [-0.4, -0.2) is 26.1 Å². The molecule has 0 aromatic heterocycles. The lowest BCUT2D eigenvalue weighted by Crippen LogP contribution is -2.31. The summed E-state index contributed by atoms with van der Waals surface area (Å²) in [6, 6.07) is 12.2. The molecule has 250 valence electrons. The monoisotopic (exact) mass is 640 g/mol. The van der Waals surface area contributed by atoms with E-state index in [4.69, 9.17) is 14.2 Å². The van der Waals surface area contributed by atoms with Crippen molar-refractivity contribution >= 4 is 6.08 Å². The van der Waals surface area contributed by atoms with Crippen LogP contribution < -0.4 is 4.74 Å². The van der Waals surface area contributed by atoms with Crippen LogP contribution >= 0.6 is 0 Å². The van der Waals surface area contributed by atoms with Crippen LogP contribution in [0.15, 0.2) is 54.6 Å². The predicted octanol–water partition coefficient (Wildman–Crippen LogP) is 11.7. The molecule has 0 atom stereocenters. The van der Waals surface area contributed by atoms with Gasteiger partial charge < -0.3 is 14.2 Å². The number of benzene rings is 3. The fraction of sp³-hybridized carbons (Fsp3) is 0.487. The van der Waals surface area contributed by atoms with E-state index in [1.807, 2.05) is 0 Å². The van der Waals surface area contributed by atoms with Gasteiger partial charge in [-0.15, -0.1) is 0 Å². The molecule has 1 aliphatic heterocycles. The largest absolute Gasteiger partial charge is 0.490 e. The van der Waals surface area contributed by atoms with Gasteiger partial charge in [0.15, 0.2) is 29.5 Å². The number of halogens is 4. The Kier molecular flexibility index (Phi) is 14.6. The summed E-state index contributed by atoms with van der Waals surface area (Å²) in [4.78, 5) is 0. The fourth-order valence-corrected chi connectivity index (χ4v) is 5.67. The average Bonchev–Trinajstić information content (AvgIpc) is 3.07. The molecule has 4 rings (SSSR count). The Morgan fingerprint density at radius 2 is 1.17 bits per heavy atom. The second-order valence-electron chi connectivity index (χ2n) is 12.2. The van der Waals surface area contributed by atoms with Crippen molar-refractivity contribution in [2.24, 2.45) is 5.92 Å². The molecule has 1 aliphatic rings. The molecule has 0 aliphatic carbocycles. The maximum Gasteiger partial charge on any atom is 0.201 e. The Labute approximate surface area is 272 Å².